The topological polar surface area (TPSA) is 71.5 Å². The minimum Gasteiger partial charge on any atom is -0.307 e. The maximum absolute atomic E-state index is 11.5. The maximum Gasteiger partial charge on any atom is 0.251 e. The van der Waals surface area contributed by atoms with Gasteiger partial charge in [-0.25, -0.2) is 4.98 Å². The van der Waals surface area contributed by atoms with Gasteiger partial charge in [-0.1, -0.05) is 0 Å². The predicted octanol–water partition coefficient (Wildman–Crippen LogP) is 2.12. The van der Waals surface area contributed by atoms with Gasteiger partial charge in [-0.05, 0) is 18.2 Å². The maximum atomic E-state index is 11.5. The second-order valence-corrected chi connectivity index (χ2v) is 4.25. The summed E-state index contributed by atoms with van der Waals surface area (Å²) in [5.74, 6) is 0.681. The highest BCUT2D eigenvalue weighted by Gasteiger charge is 2.05. The molecule has 0 aliphatic carbocycles. The van der Waals surface area contributed by atoms with Crippen LogP contribution in [0.1, 0.15) is 5.69 Å². The Morgan fingerprint density at radius 3 is 2.68 bits per heavy atom. The van der Waals surface area contributed by atoms with Crippen molar-refractivity contribution in [3.05, 3.63) is 52.7 Å². The van der Waals surface area contributed by atoms with Gasteiger partial charge < -0.3 is 4.98 Å². The zero-order valence-corrected chi connectivity index (χ0v) is 10.6. The van der Waals surface area contributed by atoms with Crippen LogP contribution in [-0.4, -0.2) is 19.9 Å². The van der Waals surface area contributed by atoms with E-state index in [1.165, 1.54) is 6.07 Å². The molecule has 2 aromatic heterocycles. The lowest BCUT2D eigenvalue weighted by atomic mass is 10.2. The average Bonchev–Trinajstić information content (AvgIpc) is 2.46. The summed E-state index contributed by atoms with van der Waals surface area (Å²) in [6.07, 6.45) is 3.26. The lowest BCUT2D eigenvalue weighted by Gasteiger charge is -2.03. The van der Waals surface area contributed by atoms with Crippen molar-refractivity contribution in [3.8, 4) is 11.4 Å². The number of H-pyrrole nitrogens is 1. The minimum absolute atomic E-state index is 0.199. The molecule has 0 amide bonds. The summed E-state index contributed by atoms with van der Waals surface area (Å²) >= 11 is 5.72. The largest absolute Gasteiger partial charge is 0.307 e. The molecule has 2 heterocycles. The van der Waals surface area contributed by atoms with Gasteiger partial charge in [0.15, 0.2) is 0 Å². The molecule has 0 bridgehead atoms. The lowest BCUT2D eigenvalue weighted by molar-refractivity contribution is 1.06. The van der Waals surface area contributed by atoms with E-state index in [1.807, 2.05) is 18.2 Å². The van der Waals surface area contributed by atoms with Gasteiger partial charge in [0.2, 0.25) is 0 Å². The number of aromatic nitrogens is 4. The third kappa shape index (κ3) is 2.32. The van der Waals surface area contributed by atoms with Crippen LogP contribution < -0.4 is 5.56 Å². The summed E-state index contributed by atoms with van der Waals surface area (Å²) in [6.45, 7) is 0. The fourth-order valence-electron chi connectivity index (χ4n) is 1.82. The van der Waals surface area contributed by atoms with Crippen LogP contribution in [0.5, 0.6) is 0 Å². The summed E-state index contributed by atoms with van der Waals surface area (Å²) in [6, 6.07) is 6.90. The van der Waals surface area contributed by atoms with Crippen LogP contribution in [0.2, 0.25) is 0 Å². The number of nitrogens with zero attached hydrogens (tertiary/aromatic N) is 3. The van der Waals surface area contributed by atoms with Crippen LogP contribution in [0.4, 0.5) is 0 Å². The quantitative estimate of drug-likeness (QED) is 0.725. The third-order valence-electron chi connectivity index (χ3n) is 2.67. The Labute approximate surface area is 113 Å². The molecule has 6 heteroatoms. The summed E-state index contributed by atoms with van der Waals surface area (Å²) in [5, 5.41) is 0. The number of aromatic amines is 1. The van der Waals surface area contributed by atoms with Crippen molar-refractivity contribution in [2.75, 3.05) is 0 Å². The molecule has 0 unspecified atom stereocenters. The number of halogens is 1. The second kappa shape index (κ2) is 4.78. The Balaban J connectivity index is 2.18. The normalized spacial score (nSPS) is 10.8. The van der Waals surface area contributed by atoms with Crippen LogP contribution in [0.3, 0.4) is 0 Å². The van der Waals surface area contributed by atoms with E-state index in [0.717, 1.165) is 16.6 Å². The molecule has 1 N–H and O–H groups in total. The Bertz CT molecular complexity index is 800. The number of rotatable bonds is 2. The highest BCUT2D eigenvalue weighted by atomic mass is 35.5. The van der Waals surface area contributed by atoms with Crippen molar-refractivity contribution in [3.63, 3.8) is 0 Å². The minimum atomic E-state index is -0.222. The molecule has 0 spiro atoms. The van der Waals surface area contributed by atoms with E-state index in [0.29, 0.717) is 11.5 Å². The zero-order valence-electron chi connectivity index (χ0n) is 9.80. The van der Waals surface area contributed by atoms with Crippen LogP contribution in [0.25, 0.3) is 22.4 Å². The first-order valence-corrected chi connectivity index (χ1v) is 6.17. The molecule has 3 rings (SSSR count). The number of nitrogens with one attached hydrogen (secondary N) is 1. The zero-order chi connectivity index (χ0) is 13.2. The standard InChI is InChI=1S/C13H9ClN4O/c14-7-9-6-12(19)18-13(17-9)8-1-2-10-11(5-8)16-4-3-15-10/h1-6H,7H2,(H,17,18,19). The molecule has 0 fully saturated rings. The molecule has 1 aromatic carbocycles. The van der Waals surface area contributed by atoms with Gasteiger partial charge in [0, 0.05) is 24.0 Å². The molecule has 0 aliphatic heterocycles. The smallest absolute Gasteiger partial charge is 0.251 e. The number of alkyl halides is 1. The van der Waals surface area contributed by atoms with Gasteiger partial charge >= 0.3 is 0 Å². The van der Waals surface area contributed by atoms with Crippen LogP contribution in [0, 0.1) is 0 Å². The molecule has 3 aromatic rings. The lowest BCUT2D eigenvalue weighted by Crippen LogP contribution is -2.09. The number of fused-ring (bicyclic) bond motifs is 1. The van der Waals surface area contributed by atoms with Gasteiger partial charge in [0.25, 0.3) is 5.56 Å². The van der Waals surface area contributed by atoms with Gasteiger partial charge in [-0.2, -0.15) is 0 Å². The van der Waals surface area contributed by atoms with E-state index >= 15 is 0 Å². The molecule has 0 saturated carbocycles. The van der Waals surface area contributed by atoms with Gasteiger partial charge in [0.1, 0.15) is 5.82 Å². The van der Waals surface area contributed by atoms with Gasteiger partial charge in [-0.15, -0.1) is 11.6 Å². The summed E-state index contributed by atoms with van der Waals surface area (Å²) in [7, 11) is 0. The fraction of sp³-hybridized carbons (Fsp3) is 0.0769. The van der Waals surface area contributed by atoms with Gasteiger partial charge in [-0.3, -0.25) is 14.8 Å². The molecule has 0 aliphatic rings. The van der Waals surface area contributed by atoms with Crippen molar-refractivity contribution in [2.45, 2.75) is 5.88 Å². The van der Waals surface area contributed by atoms with Crippen LogP contribution in [-0.2, 0) is 5.88 Å². The van der Waals surface area contributed by atoms with E-state index in [-0.39, 0.29) is 11.4 Å². The van der Waals surface area contributed by atoms with Crippen molar-refractivity contribution in [1.82, 2.24) is 19.9 Å². The first-order valence-electron chi connectivity index (χ1n) is 5.63. The third-order valence-corrected chi connectivity index (χ3v) is 2.95. The Kier molecular flexibility index (Phi) is 2.97. The molecule has 5 nitrogen and oxygen atoms in total. The van der Waals surface area contributed by atoms with Crippen molar-refractivity contribution in [2.24, 2.45) is 0 Å². The first kappa shape index (κ1) is 11.8. The summed E-state index contributed by atoms with van der Waals surface area (Å²) < 4.78 is 0. The van der Waals surface area contributed by atoms with E-state index in [1.54, 1.807) is 12.4 Å². The highest BCUT2D eigenvalue weighted by Crippen LogP contribution is 2.18. The van der Waals surface area contributed by atoms with E-state index < -0.39 is 0 Å². The van der Waals surface area contributed by atoms with E-state index in [2.05, 4.69) is 19.9 Å². The Morgan fingerprint density at radius 1 is 1.11 bits per heavy atom. The fourth-order valence-corrected chi connectivity index (χ4v) is 1.96. The summed E-state index contributed by atoms with van der Waals surface area (Å²) in [5.41, 5.74) is 2.64. The molecular weight excluding hydrogens is 264 g/mol. The van der Waals surface area contributed by atoms with Gasteiger partial charge in [0.05, 0.1) is 22.6 Å². The summed E-state index contributed by atoms with van der Waals surface area (Å²) in [4.78, 5) is 26.9. The van der Waals surface area contributed by atoms with E-state index in [9.17, 15) is 4.79 Å². The molecule has 0 radical (unpaired) electrons. The van der Waals surface area contributed by atoms with Crippen LogP contribution >= 0.6 is 11.6 Å². The number of benzene rings is 1. The first-order chi connectivity index (χ1) is 9.26. The molecule has 19 heavy (non-hydrogen) atoms. The van der Waals surface area contributed by atoms with E-state index in [4.69, 9.17) is 11.6 Å². The predicted molar refractivity (Wildman–Crippen MR) is 72.9 cm³/mol. The molecule has 0 saturated heterocycles. The SMILES string of the molecule is O=c1cc(CCl)nc(-c2ccc3nccnc3c2)[nH]1. The molecular formula is C13H9ClN4O. The number of hydrogen-bond acceptors (Lipinski definition) is 4. The monoisotopic (exact) mass is 272 g/mol. The van der Waals surface area contributed by atoms with Crippen LogP contribution in [0.15, 0.2) is 41.5 Å². The van der Waals surface area contributed by atoms with Crippen molar-refractivity contribution in [1.29, 1.82) is 0 Å². The molecule has 94 valence electrons. The Hall–Kier alpha value is -2.27. The number of hydrogen-bond donors (Lipinski definition) is 1. The highest BCUT2D eigenvalue weighted by molar-refractivity contribution is 6.16. The second-order valence-electron chi connectivity index (χ2n) is 3.98. The van der Waals surface area contributed by atoms with Crippen molar-refractivity contribution >= 4 is 22.6 Å². The average molecular weight is 273 g/mol. The Morgan fingerprint density at radius 2 is 1.89 bits per heavy atom. The van der Waals surface area contributed by atoms with Crippen molar-refractivity contribution < 1.29 is 0 Å². The molecule has 0 atom stereocenters.